The van der Waals surface area contributed by atoms with Crippen molar-refractivity contribution in [2.24, 2.45) is 5.73 Å². The van der Waals surface area contributed by atoms with Crippen LogP contribution in [0.2, 0.25) is 0 Å². The zero-order chi connectivity index (χ0) is 12.1. The molecule has 0 aliphatic heterocycles. The molecule has 0 spiro atoms. The van der Waals surface area contributed by atoms with Crippen molar-refractivity contribution in [3.05, 3.63) is 36.4 Å². The average molecular weight is 220 g/mol. The molecule has 0 unspecified atom stereocenters. The van der Waals surface area contributed by atoms with E-state index in [4.69, 9.17) is 10.5 Å². The van der Waals surface area contributed by atoms with Gasteiger partial charge in [0.15, 0.2) is 5.75 Å². The molecule has 0 aromatic heterocycles. The molecule has 2 amide bonds. The zero-order valence-corrected chi connectivity index (χ0v) is 8.82. The minimum atomic E-state index is -0.721. The predicted octanol–water partition coefficient (Wildman–Crippen LogP) is 1.58. The topological polar surface area (TPSA) is 81.4 Å². The fourth-order valence-corrected chi connectivity index (χ4v) is 1.11. The van der Waals surface area contributed by atoms with E-state index < -0.39 is 12.0 Å². The van der Waals surface area contributed by atoms with Crippen LogP contribution in [0.4, 0.5) is 10.5 Å². The standard InChI is InChI=1S/C11H12N2O3/c1-3-10(14)16-9-5-4-7(2)6-8(9)13-11(12)15/h3-6H,1H2,2H3,(H3,12,13,15). The number of benzene rings is 1. The van der Waals surface area contributed by atoms with Crippen LogP contribution in [0.15, 0.2) is 30.9 Å². The highest BCUT2D eigenvalue weighted by atomic mass is 16.5. The second-order valence-corrected chi connectivity index (χ2v) is 3.11. The van der Waals surface area contributed by atoms with Gasteiger partial charge in [-0.3, -0.25) is 0 Å². The quantitative estimate of drug-likeness (QED) is 0.461. The first-order valence-electron chi connectivity index (χ1n) is 4.54. The fraction of sp³-hybridized carbons (Fsp3) is 0.0909. The van der Waals surface area contributed by atoms with Crippen LogP contribution in [0.5, 0.6) is 5.75 Å². The first-order chi connectivity index (χ1) is 7.52. The molecule has 0 saturated heterocycles. The maximum absolute atomic E-state index is 11.0. The number of hydrogen-bond acceptors (Lipinski definition) is 3. The lowest BCUT2D eigenvalue weighted by Crippen LogP contribution is -2.20. The Balaban J connectivity index is 3.01. The molecule has 1 aromatic rings. The van der Waals surface area contributed by atoms with Crippen molar-refractivity contribution >= 4 is 17.7 Å². The summed E-state index contributed by atoms with van der Waals surface area (Å²) >= 11 is 0. The van der Waals surface area contributed by atoms with E-state index in [1.54, 1.807) is 18.2 Å². The lowest BCUT2D eigenvalue weighted by Gasteiger charge is -2.09. The summed E-state index contributed by atoms with van der Waals surface area (Å²) in [5.41, 5.74) is 6.25. The van der Waals surface area contributed by atoms with Gasteiger partial charge in [-0.2, -0.15) is 0 Å². The van der Waals surface area contributed by atoms with Crippen LogP contribution in [0, 0.1) is 6.92 Å². The van der Waals surface area contributed by atoms with E-state index in [0.717, 1.165) is 11.6 Å². The highest BCUT2D eigenvalue weighted by molar-refractivity contribution is 5.91. The number of hydrogen-bond donors (Lipinski definition) is 2. The number of amides is 2. The molecule has 0 heterocycles. The average Bonchev–Trinajstić information content (AvgIpc) is 2.21. The van der Waals surface area contributed by atoms with Crippen molar-refractivity contribution in [2.45, 2.75) is 6.92 Å². The monoisotopic (exact) mass is 220 g/mol. The van der Waals surface area contributed by atoms with Crippen molar-refractivity contribution in [3.63, 3.8) is 0 Å². The van der Waals surface area contributed by atoms with Crippen LogP contribution in [0.25, 0.3) is 0 Å². The Hall–Kier alpha value is -2.30. The van der Waals surface area contributed by atoms with Gasteiger partial charge < -0.3 is 15.8 Å². The molecule has 1 rings (SSSR count). The number of anilines is 1. The number of carbonyl (C=O) groups excluding carboxylic acids is 2. The second-order valence-electron chi connectivity index (χ2n) is 3.11. The lowest BCUT2D eigenvalue weighted by atomic mass is 10.2. The molecule has 0 bridgehead atoms. The number of ether oxygens (including phenoxy) is 1. The van der Waals surface area contributed by atoms with Crippen molar-refractivity contribution < 1.29 is 14.3 Å². The van der Waals surface area contributed by atoms with Gasteiger partial charge in [0.05, 0.1) is 5.69 Å². The number of nitrogens with one attached hydrogen (secondary N) is 1. The van der Waals surface area contributed by atoms with Crippen molar-refractivity contribution in [2.75, 3.05) is 5.32 Å². The molecule has 16 heavy (non-hydrogen) atoms. The Morgan fingerprint density at radius 3 is 2.75 bits per heavy atom. The van der Waals surface area contributed by atoms with E-state index in [1.165, 1.54) is 0 Å². The van der Waals surface area contributed by atoms with Crippen molar-refractivity contribution in [1.29, 1.82) is 0 Å². The van der Waals surface area contributed by atoms with Gasteiger partial charge in [0, 0.05) is 6.08 Å². The Labute approximate surface area is 92.9 Å². The minimum Gasteiger partial charge on any atom is -0.421 e. The second kappa shape index (κ2) is 4.97. The van der Waals surface area contributed by atoms with Crippen LogP contribution in [0.1, 0.15) is 5.56 Å². The summed E-state index contributed by atoms with van der Waals surface area (Å²) in [6.45, 7) is 5.12. The van der Waals surface area contributed by atoms with Crippen LogP contribution in [0.3, 0.4) is 0 Å². The normalized spacial score (nSPS) is 9.31. The predicted molar refractivity (Wildman–Crippen MR) is 60.2 cm³/mol. The van der Waals surface area contributed by atoms with Crippen molar-refractivity contribution in [1.82, 2.24) is 0 Å². The summed E-state index contributed by atoms with van der Waals surface area (Å²) in [5.74, 6) is -0.370. The summed E-state index contributed by atoms with van der Waals surface area (Å²) in [7, 11) is 0. The van der Waals surface area contributed by atoms with Crippen LogP contribution >= 0.6 is 0 Å². The Morgan fingerprint density at radius 1 is 1.50 bits per heavy atom. The van der Waals surface area contributed by atoms with E-state index in [9.17, 15) is 9.59 Å². The molecule has 1 aromatic carbocycles. The molecule has 0 radical (unpaired) electrons. The summed E-state index contributed by atoms with van der Waals surface area (Å²) in [6, 6.07) is 4.25. The Kier molecular flexibility index (Phi) is 3.66. The number of esters is 1. The lowest BCUT2D eigenvalue weighted by molar-refractivity contribution is -0.128. The minimum absolute atomic E-state index is 0.231. The number of urea groups is 1. The number of primary amides is 1. The number of aryl methyl sites for hydroxylation is 1. The van der Waals surface area contributed by atoms with Gasteiger partial charge in [0.2, 0.25) is 0 Å². The maximum Gasteiger partial charge on any atom is 0.335 e. The van der Waals surface area contributed by atoms with Crippen LogP contribution in [-0.2, 0) is 4.79 Å². The van der Waals surface area contributed by atoms with E-state index in [0.29, 0.717) is 5.69 Å². The maximum atomic E-state index is 11.0. The molecule has 5 heteroatoms. The fourth-order valence-electron chi connectivity index (χ4n) is 1.11. The van der Waals surface area contributed by atoms with E-state index in [-0.39, 0.29) is 5.75 Å². The summed E-state index contributed by atoms with van der Waals surface area (Å²) < 4.78 is 4.92. The van der Waals surface area contributed by atoms with Gasteiger partial charge in [-0.25, -0.2) is 9.59 Å². The summed E-state index contributed by atoms with van der Waals surface area (Å²) in [6.07, 6.45) is 1.04. The largest absolute Gasteiger partial charge is 0.421 e. The van der Waals surface area contributed by atoms with Crippen LogP contribution < -0.4 is 15.8 Å². The smallest absolute Gasteiger partial charge is 0.335 e. The highest BCUT2D eigenvalue weighted by Gasteiger charge is 2.08. The van der Waals surface area contributed by atoms with Gasteiger partial charge in [-0.05, 0) is 24.6 Å². The molecule has 0 aliphatic rings. The van der Waals surface area contributed by atoms with Gasteiger partial charge in [-0.1, -0.05) is 12.6 Å². The molecule has 0 atom stereocenters. The van der Waals surface area contributed by atoms with Crippen LogP contribution in [-0.4, -0.2) is 12.0 Å². The molecule has 0 aliphatic carbocycles. The molecule has 0 fully saturated rings. The summed E-state index contributed by atoms with van der Waals surface area (Å²) in [5, 5.41) is 2.37. The molecule has 84 valence electrons. The van der Waals surface area contributed by atoms with Gasteiger partial charge in [-0.15, -0.1) is 0 Å². The van der Waals surface area contributed by atoms with E-state index in [2.05, 4.69) is 11.9 Å². The van der Waals surface area contributed by atoms with E-state index >= 15 is 0 Å². The zero-order valence-electron chi connectivity index (χ0n) is 8.82. The van der Waals surface area contributed by atoms with Gasteiger partial charge in [0.25, 0.3) is 0 Å². The Bertz CT molecular complexity index is 441. The third kappa shape index (κ3) is 3.13. The molecule has 0 saturated carbocycles. The number of nitrogens with two attached hydrogens (primary N) is 1. The highest BCUT2D eigenvalue weighted by Crippen LogP contribution is 2.25. The first kappa shape index (κ1) is 11.8. The van der Waals surface area contributed by atoms with Crippen molar-refractivity contribution in [3.8, 4) is 5.75 Å². The molecule has 3 N–H and O–H groups in total. The number of carbonyl (C=O) groups is 2. The first-order valence-corrected chi connectivity index (χ1v) is 4.54. The Morgan fingerprint density at radius 2 is 2.19 bits per heavy atom. The van der Waals surface area contributed by atoms with Gasteiger partial charge in [0.1, 0.15) is 0 Å². The SMILES string of the molecule is C=CC(=O)Oc1ccc(C)cc1NC(N)=O. The molecule has 5 nitrogen and oxygen atoms in total. The third-order valence-corrected chi connectivity index (χ3v) is 1.77. The number of rotatable bonds is 3. The van der Waals surface area contributed by atoms with E-state index in [1.807, 2.05) is 6.92 Å². The third-order valence-electron chi connectivity index (χ3n) is 1.77. The molecular weight excluding hydrogens is 208 g/mol. The molecular formula is C11H12N2O3. The summed E-state index contributed by atoms with van der Waals surface area (Å²) in [4.78, 5) is 21.8. The van der Waals surface area contributed by atoms with Gasteiger partial charge >= 0.3 is 12.0 Å².